The van der Waals surface area contributed by atoms with Crippen LogP contribution in [-0.4, -0.2) is 24.0 Å². The molecular formula is C18H14N4O3S2. The van der Waals surface area contributed by atoms with Gasteiger partial charge >= 0.3 is 0 Å². The van der Waals surface area contributed by atoms with Crippen molar-refractivity contribution in [3.8, 4) is 0 Å². The Hall–Kier alpha value is -3.17. The minimum absolute atomic E-state index is 0.233. The summed E-state index contributed by atoms with van der Waals surface area (Å²) in [5, 5.41) is 1.70. The number of amides is 1. The molecule has 0 saturated carbocycles. The molecule has 2 heterocycles. The first-order valence-electron chi connectivity index (χ1n) is 7.93. The predicted octanol–water partition coefficient (Wildman–Crippen LogP) is 3.28. The van der Waals surface area contributed by atoms with Crippen LogP contribution in [0.1, 0.15) is 10.4 Å². The highest BCUT2D eigenvalue weighted by Gasteiger charge is 2.15. The van der Waals surface area contributed by atoms with Crippen LogP contribution in [0.4, 0.5) is 5.69 Å². The van der Waals surface area contributed by atoms with E-state index in [1.165, 1.54) is 12.4 Å². The third kappa shape index (κ3) is 3.55. The number of hydrogen-bond donors (Lipinski definition) is 2. The summed E-state index contributed by atoms with van der Waals surface area (Å²) in [4.78, 5) is 16.7. The zero-order chi connectivity index (χ0) is 18.9. The van der Waals surface area contributed by atoms with Gasteiger partial charge in [-0.25, -0.2) is 18.1 Å². The van der Waals surface area contributed by atoms with Crippen LogP contribution in [0.2, 0.25) is 0 Å². The van der Waals surface area contributed by atoms with Crippen molar-refractivity contribution in [3.63, 3.8) is 0 Å². The molecule has 0 fully saturated rings. The lowest BCUT2D eigenvalue weighted by atomic mass is 10.2. The minimum atomic E-state index is -3.61. The maximum absolute atomic E-state index is 12.4. The maximum Gasteiger partial charge on any atom is 0.271 e. The van der Waals surface area contributed by atoms with Gasteiger partial charge in [0.25, 0.3) is 15.9 Å². The Morgan fingerprint density at radius 2 is 1.78 bits per heavy atom. The second-order valence-electron chi connectivity index (χ2n) is 5.66. The Morgan fingerprint density at radius 1 is 1.00 bits per heavy atom. The number of benzene rings is 2. The van der Waals surface area contributed by atoms with Gasteiger partial charge in [-0.15, -0.1) is 11.3 Å². The lowest BCUT2D eigenvalue weighted by Gasteiger charge is -2.09. The Kier molecular flexibility index (Phi) is 4.38. The molecule has 136 valence electrons. The van der Waals surface area contributed by atoms with E-state index in [1.54, 1.807) is 40.4 Å². The predicted molar refractivity (Wildman–Crippen MR) is 105 cm³/mol. The SMILES string of the molecule is O=C(Nn1cnc2ccccc21)c1ccc(NS(=O)(=O)c2cccs2)cc1. The standard InChI is InChI=1S/C18H14N4O3S2/c23-18(20-22-12-19-15-4-1-2-5-16(15)22)13-7-9-14(10-8-13)21-27(24,25)17-6-3-11-26-17/h1-12,21H,(H,20,23). The highest BCUT2D eigenvalue weighted by molar-refractivity contribution is 7.94. The first-order chi connectivity index (χ1) is 13.0. The third-order valence-corrected chi connectivity index (χ3v) is 6.61. The number of nitrogens with zero attached hydrogens (tertiary/aromatic N) is 2. The number of rotatable bonds is 5. The molecule has 27 heavy (non-hydrogen) atoms. The van der Waals surface area contributed by atoms with Crippen LogP contribution >= 0.6 is 11.3 Å². The van der Waals surface area contributed by atoms with E-state index in [9.17, 15) is 13.2 Å². The molecule has 0 aliphatic rings. The van der Waals surface area contributed by atoms with Gasteiger partial charge in [-0.05, 0) is 47.8 Å². The van der Waals surface area contributed by atoms with Crippen LogP contribution in [-0.2, 0) is 10.0 Å². The average Bonchev–Trinajstić information content (AvgIpc) is 3.33. The molecular weight excluding hydrogens is 384 g/mol. The molecule has 1 amide bonds. The second-order valence-corrected chi connectivity index (χ2v) is 8.52. The summed E-state index contributed by atoms with van der Waals surface area (Å²) in [6.07, 6.45) is 1.53. The monoisotopic (exact) mass is 398 g/mol. The zero-order valence-electron chi connectivity index (χ0n) is 13.9. The number of hydrogen-bond acceptors (Lipinski definition) is 5. The number of anilines is 1. The van der Waals surface area contributed by atoms with Crippen LogP contribution < -0.4 is 10.1 Å². The van der Waals surface area contributed by atoms with E-state index in [1.807, 2.05) is 24.3 Å². The van der Waals surface area contributed by atoms with Crippen molar-refractivity contribution in [1.82, 2.24) is 9.66 Å². The van der Waals surface area contributed by atoms with Crippen molar-refractivity contribution in [2.24, 2.45) is 0 Å². The van der Waals surface area contributed by atoms with Crippen LogP contribution in [0.15, 0.2) is 76.6 Å². The summed E-state index contributed by atoms with van der Waals surface area (Å²) >= 11 is 1.14. The van der Waals surface area contributed by atoms with Crippen molar-refractivity contribution in [2.45, 2.75) is 4.21 Å². The van der Waals surface area contributed by atoms with E-state index in [-0.39, 0.29) is 10.1 Å². The number of para-hydroxylation sites is 2. The molecule has 0 atom stereocenters. The number of imidazole rings is 1. The van der Waals surface area contributed by atoms with Gasteiger partial charge < -0.3 is 0 Å². The lowest BCUT2D eigenvalue weighted by molar-refractivity contribution is 0.101. The van der Waals surface area contributed by atoms with E-state index in [2.05, 4.69) is 15.1 Å². The van der Waals surface area contributed by atoms with Gasteiger partial charge in [0.15, 0.2) is 0 Å². The quantitative estimate of drug-likeness (QED) is 0.539. The molecule has 0 spiro atoms. The summed E-state index contributed by atoms with van der Waals surface area (Å²) in [5.74, 6) is -0.328. The summed E-state index contributed by atoms with van der Waals surface area (Å²) in [7, 11) is -3.61. The summed E-state index contributed by atoms with van der Waals surface area (Å²) in [6, 6.07) is 16.9. The number of nitrogens with one attached hydrogen (secondary N) is 2. The number of carbonyl (C=O) groups is 1. The molecule has 4 aromatic rings. The normalized spacial score (nSPS) is 11.4. The highest BCUT2D eigenvalue weighted by Crippen LogP contribution is 2.20. The third-order valence-electron chi connectivity index (χ3n) is 3.83. The fraction of sp³-hybridized carbons (Fsp3) is 0. The van der Waals surface area contributed by atoms with Crippen molar-refractivity contribution < 1.29 is 13.2 Å². The number of carbonyl (C=O) groups excluding carboxylic acids is 1. The number of aromatic nitrogens is 2. The summed E-state index contributed by atoms with van der Waals surface area (Å²) in [5.41, 5.74) is 5.08. The molecule has 2 N–H and O–H groups in total. The molecule has 2 aromatic carbocycles. The van der Waals surface area contributed by atoms with E-state index in [0.717, 1.165) is 22.4 Å². The Balaban J connectivity index is 1.49. The van der Waals surface area contributed by atoms with Gasteiger partial charge in [0.05, 0.1) is 11.0 Å². The molecule has 0 aliphatic carbocycles. The number of fused-ring (bicyclic) bond motifs is 1. The van der Waals surface area contributed by atoms with Crippen molar-refractivity contribution in [1.29, 1.82) is 0 Å². The molecule has 9 heteroatoms. The van der Waals surface area contributed by atoms with Crippen molar-refractivity contribution >= 4 is 44.0 Å². The molecule has 0 saturated heterocycles. The summed E-state index contributed by atoms with van der Waals surface area (Å²) < 4.78 is 28.7. The van der Waals surface area contributed by atoms with Gasteiger partial charge in [-0.1, -0.05) is 18.2 Å². The first-order valence-corrected chi connectivity index (χ1v) is 10.3. The average molecular weight is 398 g/mol. The van der Waals surface area contributed by atoms with Gasteiger partial charge in [0.1, 0.15) is 10.5 Å². The van der Waals surface area contributed by atoms with Crippen LogP contribution in [0.25, 0.3) is 11.0 Å². The van der Waals surface area contributed by atoms with Crippen LogP contribution in [0.3, 0.4) is 0 Å². The molecule has 4 rings (SSSR count). The minimum Gasteiger partial charge on any atom is -0.279 e. The Labute approximate surface area is 159 Å². The smallest absolute Gasteiger partial charge is 0.271 e. The topological polar surface area (TPSA) is 93.1 Å². The van der Waals surface area contributed by atoms with E-state index < -0.39 is 10.0 Å². The van der Waals surface area contributed by atoms with Gasteiger partial charge in [0, 0.05) is 11.3 Å². The highest BCUT2D eigenvalue weighted by atomic mass is 32.2. The first kappa shape index (κ1) is 17.3. The second kappa shape index (κ2) is 6.86. The molecule has 0 unspecified atom stereocenters. The van der Waals surface area contributed by atoms with E-state index >= 15 is 0 Å². The molecule has 0 aliphatic heterocycles. The van der Waals surface area contributed by atoms with E-state index in [4.69, 9.17) is 0 Å². The fourth-order valence-corrected chi connectivity index (χ4v) is 4.59. The Bertz CT molecular complexity index is 1200. The lowest BCUT2D eigenvalue weighted by Crippen LogP contribution is -2.22. The van der Waals surface area contributed by atoms with Gasteiger partial charge in [0.2, 0.25) is 0 Å². The van der Waals surface area contributed by atoms with Gasteiger partial charge in [-0.2, -0.15) is 0 Å². The Morgan fingerprint density at radius 3 is 2.52 bits per heavy atom. The fourth-order valence-electron chi connectivity index (χ4n) is 2.53. The van der Waals surface area contributed by atoms with Crippen molar-refractivity contribution in [2.75, 3.05) is 10.1 Å². The van der Waals surface area contributed by atoms with Gasteiger partial charge in [-0.3, -0.25) is 14.9 Å². The molecule has 2 aromatic heterocycles. The largest absolute Gasteiger partial charge is 0.279 e. The molecule has 7 nitrogen and oxygen atoms in total. The number of thiophene rings is 1. The van der Waals surface area contributed by atoms with E-state index in [0.29, 0.717) is 11.3 Å². The van der Waals surface area contributed by atoms with Crippen LogP contribution in [0, 0.1) is 0 Å². The van der Waals surface area contributed by atoms with Crippen molar-refractivity contribution in [3.05, 3.63) is 77.9 Å². The maximum atomic E-state index is 12.4. The number of sulfonamides is 1. The zero-order valence-corrected chi connectivity index (χ0v) is 15.5. The molecule has 0 radical (unpaired) electrons. The van der Waals surface area contributed by atoms with Crippen LogP contribution in [0.5, 0.6) is 0 Å². The molecule has 0 bridgehead atoms. The summed E-state index contributed by atoms with van der Waals surface area (Å²) in [6.45, 7) is 0.